The summed E-state index contributed by atoms with van der Waals surface area (Å²) in [7, 11) is -3.35. The SMILES string of the molecule is O=C(O)c1ccc(CS(=O)(=O)NCC2CCCC2)cc1. The number of nitrogens with one attached hydrogen (secondary N) is 1. The first-order chi connectivity index (χ1) is 9.46. The van der Waals surface area contributed by atoms with Gasteiger partial charge in [0.25, 0.3) is 0 Å². The molecule has 1 saturated carbocycles. The van der Waals surface area contributed by atoms with E-state index in [1.165, 1.54) is 37.1 Å². The molecule has 0 saturated heterocycles. The Labute approximate surface area is 119 Å². The number of rotatable bonds is 6. The summed E-state index contributed by atoms with van der Waals surface area (Å²) >= 11 is 0. The molecule has 0 atom stereocenters. The van der Waals surface area contributed by atoms with Crippen LogP contribution in [0.4, 0.5) is 0 Å². The van der Waals surface area contributed by atoms with Crippen molar-refractivity contribution in [1.82, 2.24) is 4.72 Å². The maximum atomic E-state index is 11.9. The Balaban J connectivity index is 1.91. The van der Waals surface area contributed by atoms with Crippen molar-refractivity contribution in [1.29, 1.82) is 0 Å². The molecule has 5 nitrogen and oxygen atoms in total. The highest BCUT2D eigenvalue weighted by Gasteiger charge is 2.18. The maximum absolute atomic E-state index is 11.9. The molecule has 110 valence electrons. The smallest absolute Gasteiger partial charge is 0.335 e. The van der Waals surface area contributed by atoms with Gasteiger partial charge in [0.15, 0.2) is 0 Å². The minimum atomic E-state index is -3.35. The molecule has 0 heterocycles. The van der Waals surface area contributed by atoms with Gasteiger partial charge in [-0.2, -0.15) is 0 Å². The summed E-state index contributed by atoms with van der Waals surface area (Å²) < 4.78 is 26.5. The van der Waals surface area contributed by atoms with Crippen LogP contribution in [0, 0.1) is 5.92 Å². The molecule has 0 spiro atoms. The summed E-state index contributed by atoms with van der Waals surface area (Å²) in [5, 5.41) is 8.78. The fourth-order valence-corrected chi connectivity index (χ4v) is 3.70. The summed E-state index contributed by atoms with van der Waals surface area (Å²) in [6.45, 7) is 0.509. The lowest BCUT2D eigenvalue weighted by molar-refractivity contribution is 0.0697. The first-order valence-corrected chi connectivity index (χ1v) is 8.41. The van der Waals surface area contributed by atoms with Gasteiger partial charge >= 0.3 is 5.97 Å². The summed E-state index contributed by atoms with van der Waals surface area (Å²) in [6, 6.07) is 5.92. The Hall–Kier alpha value is -1.40. The van der Waals surface area contributed by atoms with Gasteiger partial charge in [0.1, 0.15) is 0 Å². The van der Waals surface area contributed by atoms with Crippen LogP contribution in [0.2, 0.25) is 0 Å². The molecule has 2 N–H and O–H groups in total. The number of sulfonamides is 1. The van der Waals surface area contributed by atoms with Gasteiger partial charge in [-0.15, -0.1) is 0 Å². The molecule has 0 amide bonds. The third-order valence-corrected chi connectivity index (χ3v) is 4.94. The van der Waals surface area contributed by atoms with Crippen molar-refractivity contribution in [2.24, 2.45) is 5.92 Å². The maximum Gasteiger partial charge on any atom is 0.335 e. The quantitative estimate of drug-likeness (QED) is 0.841. The molecule has 1 aliphatic rings. The molecule has 1 fully saturated rings. The zero-order valence-electron chi connectivity index (χ0n) is 11.2. The van der Waals surface area contributed by atoms with E-state index < -0.39 is 16.0 Å². The number of carboxylic acid groups (broad SMARTS) is 1. The molecule has 1 aromatic rings. The summed E-state index contributed by atoms with van der Waals surface area (Å²) in [5.41, 5.74) is 0.749. The second-order valence-electron chi connectivity index (χ2n) is 5.26. The Morgan fingerprint density at radius 3 is 2.35 bits per heavy atom. The molecule has 0 bridgehead atoms. The standard InChI is InChI=1S/C14H19NO4S/c16-14(17)13-7-5-12(6-8-13)10-20(18,19)15-9-11-3-1-2-4-11/h5-8,11,15H,1-4,9-10H2,(H,16,17). The first-order valence-electron chi connectivity index (χ1n) is 6.76. The fourth-order valence-electron chi connectivity index (χ4n) is 2.47. The van der Waals surface area contributed by atoms with Crippen LogP contribution in [0.5, 0.6) is 0 Å². The first kappa shape index (κ1) is 15.0. The van der Waals surface area contributed by atoms with Gasteiger partial charge in [0.2, 0.25) is 10.0 Å². The Bertz CT molecular complexity index is 559. The van der Waals surface area contributed by atoms with Crippen LogP contribution in [0.3, 0.4) is 0 Å². The van der Waals surface area contributed by atoms with E-state index in [0.717, 1.165) is 12.8 Å². The van der Waals surface area contributed by atoms with Crippen LogP contribution >= 0.6 is 0 Å². The van der Waals surface area contributed by atoms with Crippen molar-refractivity contribution in [3.8, 4) is 0 Å². The third-order valence-electron chi connectivity index (χ3n) is 3.62. The lowest BCUT2D eigenvalue weighted by Crippen LogP contribution is -2.29. The minimum absolute atomic E-state index is 0.111. The van der Waals surface area contributed by atoms with E-state index >= 15 is 0 Å². The number of carbonyl (C=O) groups is 1. The van der Waals surface area contributed by atoms with Crippen molar-refractivity contribution < 1.29 is 18.3 Å². The van der Waals surface area contributed by atoms with Crippen LogP contribution in [0.15, 0.2) is 24.3 Å². The molecule has 0 aromatic heterocycles. The number of hydrogen-bond acceptors (Lipinski definition) is 3. The van der Waals surface area contributed by atoms with Crippen molar-refractivity contribution in [2.75, 3.05) is 6.54 Å². The molecule has 1 aromatic carbocycles. The summed E-state index contributed by atoms with van der Waals surface area (Å²) in [4.78, 5) is 10.7. The van der Waals surface area contributed by atoms with Crippen LogP contribution in [0.25, 0.3) is 0 Å². The van der Waals surface area contributed by atoms with Gasteiger partial charge in [-0.05, 0) is 36.5 Å². The Kier molecular flexibility index (Phi) is 4.77. The van der Waals surface area contributed by atoms with E-state index in [-0.39, 0.29) is 11.3 Å². The van der Waals surface area contributed by atoms with Crippen molar-refractivity contribution in [3.05, 3.63) is 35.4 Å². The molecular formula is C14H19NO4S. The van der Waals surface area contributed by atoms with Crippen LogP contribution < -0.4 is 4.72 Å². The molecule has 0 aliphatic heterocycles. The Morgan fingerprint density at radius 1 is 1.20 bits per heavy atom. The minimum Gasteiger partial charge on any atom is -0.478 e. The van der Waals surface area contributed by atoms with Crippen molar-refractivity contribution in [3.63, 3.8) is 0 Å². The predicted molar refractivity (Wildman–Crippen MR) is 76.0 cm³/mol. The lowest BCUT2D eigenvalue weighted by Gasteiger charge is -2.11. The molecule has 0 unspecified atom stereocenters. The van der Waals surface area contributed by atoms with Gasteiger partial charge in [-0.3, -0.25) is 0 Å². The number of carboxylic acids is 1. The zero-order chi connectivity index (χ0) is 14.6. The van der Waals surface area contributed by atoms with E-state index in [1.54, 1.807) is 0 Å². The predicted octanol–water partition coefficient (Wildman–Crippen LogP) is 1.99. The fraction of sp³-hybridized carbons (Fsp3) is 0.500. The van der Waals surface area contributed by atoms with Gasteiger partial charge in [0.05, 0.1) is 11.3 Å². The number of hydrogen-bond donors (Lipinski definition) is 2. The highest BCUT2D eigenvalue weighted by molar-refractivity contribution is 7.88. The number of aromatic carboxylic acids is 1. The monoisotopic (exact) mass is 297 g/mol. The Morgan fingerprint density at radius 2 is 1.80 bits per heavy atom. The van der Waals surface area contributed by atoms with Gasteiger partial charge in [0, 0.05) is 6.54 Å². The van der Waals surface area contributed by atoms with E-state index in [4.69, 9.17) is 5.11 Å². The van der Waals surface area contributed by atoms with E-state index in [1.807, 2.05) is 0 Å². The summed E-state index contributed by atoms with van der Waals surface area (Å²) in [5.74, 6) is -0.669. The molecule has 0 radical (unpaired) electrons. The third kappa shape index (κ3) is 4.31. The van der Waals surface area contributed by atoms with Crippen LogP contribution in [0.1, 0.15) is 41.6 Å². The number of benzene rings is 1. The normalized spacial score (nSPS) is 16.4. The second-order valence-corrected chi connectivity index (χ2v) is 7.07. The van der Waals surface area contributed by atoms with Gasteiger partial charge in [-0.1, -0.05) is 25.0 Å². The van der Waals surface area contributed by atoms with E-state index in [0.29, 0.717) is 18.0 Å². The zero-order valence-corrected chi connectivity index (χ0v) is 12.0. The van der Waals surface area contributed by atoms with E-state index in [2.05, 4.69) is 4.72 Å². The van der Waals surface area contributed by atoms with Crippen LogP contribution in [-0.4, -0.2) is 26.0 Å². The summed E-state index contributed by atoms with van der Waals surface area (Å²) in [6.07, 6.45) is 4.55. The van der Waals surface area contributed by atoms with Gasteiger partial charge < -0.3 is 5.11 Å². The van der Waals surface area contributed by atoms with E-state index in [9.17, 15) is 13.2 Å². The van der Waals surface area contributed by atoms with Crippen LogP contribution in [-0.2, 0) is 15.8 Å². The average Bonchev–Trinajstić information content (AvgIpc) is 2.90. The van der Waals surface area contributed by atoms with Gasteiger partial charge in [-0.25, -0.2) is 17.9 Å². The second kappa shape index (κ2) is 6.37. The largest absolute Gasteiger partial charge is 0.478 e. The van der Waals surface area contributed by atoms with Crippen molar-refractivity contribution in [2.45, 2.75) is 31.4 Å². The highest BCUT2D eigenvalue weighted by Crippen LogP contribution is 2.24. The molecule has 2 rings (SSSR count). The molecule has 6 heteroatoms. The molecule has 1 aliphatic carbocycles. The lowest BCUT2D eigenvalue weighted by atomic mass is 10.1. The topological polar surface area (TPSA) is 83.5 Å². The molecule has 20 heavy (non-hydrogen) atoms. The average molecular weight is 297 g/mol. The highest BCUT2D eigenvalue weighted by atomic mass is 32.2. The van der Waals surface area contributed by atoms with Crippen molar-refractivity contribution >= 4 is 16.0 Å². The molecular weight excluding hydrogens is 278 g/mol.